The quantitative estimate of drug-likeness (QED) is 0.614. The normalized spacial score (nSPS) is 31.1. The molecule has 22 heavy (non-hydrogen) atoms. The highest BCUT2D eigenvalue weighted by atomic mass is 32.1. The van der Waals surface area contributed by atoms with Crippen molar-refractivity contribution in [2.75, 3.05) is 25.4 Å². The lowest BCUT2D eigenvalue weighted by molar-refractivity contribution is -0.197. The van der Waals surface area contributed by atoms with Crippen molar-refractivity contribution in [3.05, 3.63) is 11.1 Å². The average molecular weight is 326 g/mol. The van der Waals surface area contributed by atoms with E-state index in [2.05, 4.69) is 15.6 Å². The van der Waals surface area contributed by atoms with Gasteiger partial charge in [-0.1, -0.05) is 0 Å². The van der Waals surface area contributed by atoms with Gasteiger partial charge in [-0.3, -0.25) is 4.79 Å². The number of hydrogen-bond acceptors (Lipinski definition) is 7. The Bertz CT molecular complexity index is 553. The van der Waals surface area contributed by atoms with Gasteiger partial charge >= 0.3 is 0 Å². The van der Waals surface area contributed by atoms with Crippen LogP contribution in [0.2, 0.25) is 0 Å². The minimum Gasteiger partial charge on any atom is -0.388 e. The summed E-state index contributed by atoms with van der Waals surface area (Å²) in [6, 6.07) is 0. The number of nitrogen functional groups attached to an aromatic ring is 1. The maximum absolute atomic E-state index is 12.4. The van der Waals surface area contributed by atoms with E-state index in [4.69, 9.17) is 10.5 Å². The second-order valence-corrected chi connectivity index (χ2v) is 7.15. The Morgan fingerprint density at radius 2 is 2.27 bits per heavy atom. The molecule has 2 fully saturated rings. The van der Waals surface area contributed by atoms with E-state index in [0.29, 0.717) is 23.9 Å². The molecule has 0 unspecified atom stereocenters. The van der Waals surface area contributed by atoms with Crippen LogP contribution in [0.3, 0.4) is 0 Å². The molecule has 0 saturated carbocycles. The number of carbonyl (C=O) groups is 1. The number of aliphatic hydroxyl groups is 1. The van der Waals surface area contributed by atoms with Gasteiger partial charge < -0.3 is 26.2 Å². The third-order valence-corrected chi connectivity index (χ3v) is 5.39. The van der Waals surface area contributed by atoms with E-state index >= 15 is 0 Å². The monoisotopic (exact) mass is 326 g/mol. The lowest BCUT2D eigenvalue weighted by atomic mass is 9.73. The summed E-state index contributed by atoms with van der Waals surface area (Å²) in [5.41, 5.74) is 4.56. The highest BCUT2D eigenvalue weighted by Crippen LogP contribution is 2.38. The maximum atomic E-state index is 12.4. The van der Waals surface area contributed by atoms with E-state index in [0.717, 1.165) is 25.9 Å². The summed E-state index contributed by atoms with van der Waals surface area (Å²) in [4.78, 5) is 16.4. The van der Waals surface area contributed by atoms with Crippen LogP contribution in [0.5, 0.6) is 0 Å². The fourth-order valence-electron chi connectivity index (χ4n) is 3.38. The van der Waals surface area contributed by atoms with Gasteiger partial charge in [0.05, 0.1) is 11.1 Å². The van der Waals surface area contributed by atoms with Crippen molar-refractivity contribution < 1.29 is 14.6 Å². The number of aliphatic hydroxyl groups excluding tert-OH is 1. The number of amides is 1. The molecular formula is C14H22N4O3S. The number of thiazole rings is 1. The summed E-state index contributed by atoms with van der Waals surface area (Å²) in [6.07, 6.45) is 1.29. The highest BCUT2D eigenvalue weighted by Gasteiger charge is 2.53. The number of rotatable bonds is 2. The first-order valence-corrected chi connectivity index (χ1v) is 8.39. The molecule has 1 spiro atoms. The fourth-order valence-corrected chi connectivity index (χ4v) is 3.92. The van der Waals surface area contributed by atoms with Gasteiger partial charge in [0.25, 0.3) is 5.91 Å². The van der Waals surface area contributed by atoms with Crippen molar-refractivity contribution in [1.29, 1.82) is 0 Å². The van der Waals surface area contributed by atoms with Gasteiger partial charge in [0.2, 0.25) is 0 Å². The molecule has 1 aromatic rings. The van der Waals surface area contributed by atoms with Crippen LogP contribution < -0.4 is 16.4 Å². The molecule has 0 radical (unpaired) electrons. The number of piperidine rings is 1. The molecule has 122 valence electrons. The molecule has 0 aromatic carbocycles. The molecule has 2 aliphatic heterocycles. The fraction of sp³-hybridized carbons (Fsp3) is 0.714. The van der Waals surface area contributed by atoms with E-state index in [1.165, 1.54) is 11.3 Å². The van der Waals surface area contributed by atoms with Gasteiger partial charge in [-0.15, -0.1) is 11.3 Å². The molecule has 2 saturated heterocycles. The zero-order valence-corrected chi connectivity index (χ0v) is 13.4. The number of ether oxygens (including phenoxy) is 1. The van der Waals surface area contributed by atoms with Gasteiger partial charge in [0.1, 0.15) is 11.8 Å². The molecule has 3 rings (SSSR count). The molecule has 7 nitrogen and oxygen atoms in total. The van der Waals surface area contributed by atoms with Crippen molar-refractivity contribution in [2.24, 2.45) is 0 Å². The topological polar surface area (TPSA) is 110 Å². The number of carbonyl (C=O) groups excluding carboxylic acids is 1. The van der Waals surface area contributed by atoms with Crippen molar-refractivity contribution in [1.82, 2.24) is 15.6 Å². The number of hydrogen-bond donors (Lipinski definition) is 4. The Balaban J connectivity index is 1.77. The zero-order valence-electron chi connectivity index (χ0n) is 12.6. The minimum absolute atomic E-state index is 0.293. The van der Waals surface area contributed by atoms with Gasteiger partial charge in [0, 0.05) is 12.0 Å². The van der Waals surface area contributed by atoms with Gasteiger partial charge in [-0.2, -0.15) is 0 Å². The molecule has 1 amide bonds. The zero-order chi connectivity index (χ0) is 15.8. The van der Waals surface area contributed by atoms with Gasteiger partial charge in [-0.25, -0.2) is 4.98 Å². The van der Waals surface area contributed by atoms with E-state index < -0.39 is 17.2 Å². The Labute approximate surface area is 133 Å². The van der Waals surface area contributed by atoms with Crippen LogP contribution in [-0.2, 0) is 4.74 Å². The standard InChI is InChI=1S/C14H22N4O3S/c1-13(18-10(19)9-8-22-12(15)17-9)4-7-21-14(11(13)20)2-5-16-6-3-14/h8,11,16,20H,2-7H2,1H3,(H2,15,17)(H,18,19)/t11-,13+/m0/s1. The van der Waals surface area contributed by atoms with E-state index in [1.54, 1.807) is 5.38 Å². The summed E-state index contributed by atoms with van der Waals surface area (Å²) in [5, 5.41) is 19.1. The molecule has 3 heterocycles. The van der Waals surface area contributed by atoms with Crippen LogP contribution >= 0.6 is 11.3 Å². The van der Waals surface area contributed by atoms with E-state index in [1.807, 2.05) is 6.92 Å². The Morgan fingerprint density at radius 3 is 2.91 bits per heavy atom. The largest absolute Gasteiger partial charge is 0.388 e. The lowest BCUT2D eigenvalue weighted by Crippen LogP contribution is -2.69. The Morgan fingerprint density at radius 1 is 1.55 bits per heavy atom. The second-order valence-electron chi connectivity index (χ2n) is 6.26. The molecule has 0 aliphatic carbocycles. The van der Waals surface area contributed by atoms with Gasteiger partial charge in [-0.05, 0) is 39.3 Å². The van der Waals surface area contributed by atoms with Crippen molar-refractivity contribution in [2.45, 2.75) is 43.4 Å². The third-order valence-electron chi connectivity index (χ3n) is 4.72. The van der Waals surface area contributed by atoms with Crippen LogP contribution in [0.4, 0.5) is 5.13 Å². The lowest BCUT2D eigenvalue weighted by Gasteiger charge is -2.52. The minimum atomic E-state index is -0.754. The first-order chi connectivity index (χ1) is 10.5. The number of nitrogens with one attached hydrogen (secondary N) is 2. The first kappa shape index (κ1) is 15.7. The smallest absolute Gasteiger partial charge is 0.271 e. The van der Waals surface area contributed by atoms with Crippen molar-refractivity contribution in [3.8, 4) is 0 Å². The number of nitrogens with two attached hydrogens (primary N) is 1. The van der Waals surface area contributed by atoms with Crippen LogP contribution in [0, 0.1) is 0 Å². The molecule has 0 bridgehead atoms. The van der Waals surface area contributed by atoms with Crippen LogP contribution in [0.1, 0.15) is 36.7 Å². The van der Waals surface area contributed by atoms with Crippen LogP contribution in [0.25, 0.3) is 0 Å². The summed E-state index contributed by atoms with van der Waals surface area (Å²) >= 11 is 1.23. The molecule has 2 aliphatic rings. The van der Waals surface area contributed by atoms with Crippen LogP contribution in [0.15, 0.2) is 5.38 Å². The molecule has 2 atom stereocenters. The Kier molecular flexibility index (Phi) is 4.11. The molecule has 5 N–H and O–H groups in total. The number of aromatic nitrogens is 1. The van der Waals surface area contributed by atoms with E-state index in [-0.39, 0.29) is 5.91 Å². The predicted molar refractivity (Wildman–Crippen MR) is 83.8 cm³/mol. The average Bonchev–Trinajstić information content (AvgIpc) is 2.93. The molecule has 1 aromatic heterocycles. The summed E-state index contributed by atoms with van der Waals surface area (Å²) in [5.74, 6) is -0.305. The van der Waals surface area contributed by atoms with Crippen molar-refractivity contribution >= 4 is 22.4 Å². The number of anilines is 1. The molecular weight excluding hydrogens is 304 g/mol. The predicted octanol–water partition coefficient (Wildman–Crippen LogP) is 0.117. The maximum Gasteiger partial charge on any atom is 0.271 e. The number of nitrogens with zero attached hydrogens (tertiary/aromatic N) is 1. The highest BCUT2D eigenvalue weighted by molar-refractivity contribution is 7.13. The molecule has 8 heteroatoms. The van der Waals surface area contributed by atoms with Gasteiger partial charge in [0.15, 0.2) is 5.13 Å². The second kappa shape index (κ2) is 5.77. The summed E-state index contributed by atoms with van der Waals surface area (Å²) < 4.78 is 5.93. The Hall–Kier alpha value is -1.22. The third kappa shape index (κ3) is 2.71. The van der Waals surface area contributed by atoms with Crippen LogP contribution in [-0.4, -0.2) is 52.9 Å². The SMILES string of the molecule is C[C@@]1(NC(=O)c2csc(N)n2)CCOC2(CCNCC2)[C@H]1O. The summed E-state index contributed by atoms with van der Waals surface area (Å²) in [6.45, 7) is 4.01. The first-order valence-electron chi connectivity index (χ1n) is 7.51. The van der Waals surface area contributed by atoms with Crippen molar-refractivity contribution in [3.63, 3.8) is 0 Å². The van der Waals surface area contributed by atoms with E-state index in [9.17, 15) is 9.90 Å². The summed E-state index contributed by atoms with van der Waals surface area (Å²) in [7, 11) is 0.